The number of ether oxygens (including phenoxy) is 2. The van der Waals surface area contributed by atoms with Crippen LogP contribution in [0.4, 0.5) is 0 Å². The molecule has 0 spiro atoms. The molecule has 42 heavy (non-hydrogen) atoms. The smallest absolute Gasteiger partial charge is 0.306 e. The molecule has 1 aromatic rings. The zero-order valence-electron chi connectivity index (χ0n) is 24.8. The zero-order valence-corrected chi connectivity index (χ0v) is 24.8. The van der Waals surface area contributed by atoms with E-state index in [1.165, 1.54) is 0 Å². The average molecular weight is 582 g/mol. The largest absolute Gasteiger partial charge is 0.497 e. The van der Waals surface area contributed by atoms with E-state index in [2.05, 4.69) is 12.2 Å². The van der Waals surface area contributed by atoms with Crippen molar-refractivity contribution in [3.63, 3.8) is 0 Å². The summed E-state index contributed by atoms with van der Waals surface area (Å²) in [5.41, 5.74) is -0.784. The van der Waals surface area contributed by atoms with E-state index in [1.54, 1.807) is 25.3 Å². The monoisotopic (exact) mass is 581 g/mol. The predicted molar refractivity (Wildman–Crippen MR) is 153 cm³/mol. The summed E-state index contributed by atoms with van der Waals surface area (Å²) in [5.74, 6) is -0.518. The van der Waals surface area contributed by atoms with Crippen LogP contribution >= 0.6 is 0 Å². The normalized spacial score (nSPS) is 35.3. The number of esters is 1. The topological polar surface area (TPSA) is 139 Å². The van der Waals surface area contributed by atoms with Crippen LogP contribution in [0.2, 0.25) is 0 Å². The summed E-state index contributed by atoms with van der Waals surface area (Å²) in [6.07, 6.45) is 4.81. The molecule has 5 rings (SSSR count). The molecule has 0 heterocycles. The first-order chi connectivity index (χ1) is 19.9. The summed E-state index contributed by atoms with van der Waals surface area (Å²) in [4.78, 5) is 50.1. The minimum absolute atomic E-state index is 0.0187. The Kier molecular flexibility index (Phi) is 8.38. The molecule has 9 heteroatoms. The predicted octanol–water partition coefficient (Wildman–Crippen LogP) is 3.44. The minimum atomic E-state index is -1.71. The molecule has 7 atom stereocenters. The van der Waals surface area contributed by atoms with E-state index in [1.807, 2.05) is 19.1 Å². The molecule has 3 fully saturated rings. The van der Waals surface area contributed by atoms with Crippen molar-refractivity contribution in [2.24, 2.45) is 28.6 Å². The molecule has 3 N–H and O–H groups in total. The lowest BCUT2D eigenvalue weighted by atomic mass is 9.45. The lowest BCUT2D eigenvalue weighted by Crippen LogP contribution is -2.62. The summed E-state index contributed by atoms with van der Waals surface area (Å²) in [6.45, 7) is 3.81. The van der Waals surface area contributed by atoms with E-state index in [0.717, 1.165) is 36.1 Å². The molecule has 0 aromatic heterocycles. The van der Waals surface area contributed by atoms with Gasteiger partial charge in [0, 0.05) is 24.8 Å². The van der Waals surface area contributed by atoms with Crippen LogP contribution in [0.15, 0.2) is 35.9 Å². The van der Waals surface area contributed by atoms with E-state index in [4.69, 9.17) is 9.47 Å². The Bertz CT molecular complexity index is 1270. The third-order valence-electron chi connectivity index (χ3n) is 11.1. The van der Waals surface area contributed by atoms with Crippen LogP contribution in [0, 0.1) is 28.6 Å². The Balaban J connectivity index is 1.15. The van der Waals surface area contributed by atoms with Gasteiger partial charge in [-0.05, 0) is 85.5 Å². The number of aliphatic hydroxyl groups is 2. The zero-order chi connectivity index (χ0) is 30.3. The number of methoxy groups -OCH3 is 1. The molecule has 0 aliphatic heterocycles. The van der Waals surface area contributed by atoms with Crippen molar-refractivity contribution in [1.82, 2.24) is 5.32 Å². The lowest BCUT2D eigenvalue weighted by molar-refractivity contribution is -0.184. The third-order valence-corrected chi connectivity index (χ3v) is 11.1. The molecule has 228 valence electrons. The highest BCUT2D eigenvalue weighted by Gasteiger charge is 2.68. The molecule has 4 aliphatic rings. The number of amides is 1. The summed E-state index contributed by atoms with van der Waals surface area (Å²) in [5, 5.41) is 26.1. The number of hydrogen-bond donors (Lipinski definition) is 3. The first kappa shape index (κ1) is 30.4. The summed E-state index contributed by atoms with van der Waals surface area (Å²) in [6, 6.07) is 7.27. The van der Waals surface area contributed by atoms with Gasteiger partial charge in [-0.2, -0.15) is 0 Å². The molecule has 3 saturated carbocycles. The molecule has 1 amide bonds. The van der Waals surface area contributed by atoms with Gasteiger partial charge in [-0.1, -0.05) is 31.6 Å². The molecule has 0 saturated heterocycles. The Labute approximate surface area is 247 Å². The van der Waals surface area contributed by atoms with Gasteiger partial charge in [0.05, 0.1) is 19.6 Å². The fourth-order valence-electron chi connectivity index (χ4n) is 8.74. The lowest BCUT2D eigenvalue weighted by Gasteiger charge is -2.60. The number of aliphatic hydroxyl groups excluding tert-OH is 1. The summed E-state index contributed by atoms with van der Waals surface area (Å²) in [7, 11) is 1.58. The van der Waals surface area contributed by atoms with Crippen molar-refractivity contribution in [3.8, 4) is 5.75 Å². The highest BCUT2D eigenvalue weighted by molar-refractivity contribution is 5.92. The first-order valence-corrected chi connectivity index (χ1v) is 15.1. The minimum Gasteiger partial charge on any atom is -0.497 e. The number of hydrogen-bond acceptors (Lipinski definition) is 8. The first-order valence-electron chi connectivity index (χ1n) is 15.1. The van der Waals surface area contributed by atoms with Gasteiger partial charge in [0.2, 0.25) is 11.7 Å². The van der Waals surface area contributed by atoms with Crippen LogP contribution in [-0.4, -0.2) is 59.1 Å². The van der Waals surface area contributed by atoms with E-state index < -0.39 is 35.5 Å². The number of rotatable bonds is 9. The molecular weight excluding hydrogens is 538 g/mol. The maximum Gasteiger partial charge on any atom is 0.306 e. The Morgan fingerprint density at radius 1 is 1.05 bits per heavy atom. The standard InChI is InChI=1S/C33H43NO8/c1-31-14-12-22(35)16-21(31)6-9-24-25-13-15-33(40,32(25,2)17-26(36)30(24)31)27(37)19-42-29(39)11-10-28(38)34-18-20-4-7-23(41-3)8-5-20/h4-5,7-8,16,24-26,30,36,40H,6,9-15,17-19H2,1-3H3,(H,34,38)/t24?,25?,26?,30?,31-,32-,33-/m0/s1. The molecule has 1 aromatic carbocycles. The molecular formula is C33H43NO8. The van der Waals surface area contributed by atoms with Crippen molar-refractivity contribution in [2.75, 3.05) is 13.7 Å². The second-order valence-corrected chi connectivity index (χ2v) is 13.2. The average Bonchev–Trinajstić information content (AvgIpc) is 3.24. The number of Topliss-reactive ketones (excluding diaryl/α,β-unsaturated/α-hetero) is 1. The second kappa shape index (κ2) is 11.6. The number of allylic oxidation sites excluding steroid dienone is 1. The maximum absolute atomic E-state index is 13.4. The fraction of sp³-hybridized carbons (Fsp3) is 0.636. The summed E-state index contributed by atoms with van der Waals surface area (Å²) >= 11 is 0. The van der Waals surface area contributed by atoms with Crippen LogP contribution in [0.5, 0.6) is 5.75 Å². The number of fused-ring (bicyclic) bond motifs is 5. The van der Waals surface area contributed by atoms with E-state index in [9.17, 15) is 29.4 Å². The van der Waals surface area contributed by atoms with Crippen LogP contribution < -0.4 is 10.1 Å². The highest BCUT2D eigenvalue weighted by atomic mass is 16.5. The van der Waals surface area contributed by atoms with Crippen molar-refractivity contribution >= 4 is 23.4 Å². The van der Waals surface area contributed by atoms with E-state index >= 15 is 0 Å². The molecule has 4 aliphatic carbocycles. The van der Waals surface area contributed by atoms with Gasteiger partial charge < -0.3 is 25.0 Å². The Morgan fingerprint density at radius 2 is 1.79 bits per heavy atom. The van der Waals surface area contributed by atoms with Crippen LogP contribution in [0.1, 0.15) is 77.2 Å². The van der Waals surface area contributed by atoms with Crippen molar-refractivity contribution in [3.05, 3.63) is 41.5 Å². The maximum atomic E-state index is 13.4. The van der Waals surface area contributed by atoms with Crippen LogP contribution in [0.25, 0.3) is 0 Å². The highest BCUT2D eigenvalue weighted by Crippen LogP contribution is 2.67. The SMILES string of the molecule is COc1ccc(CNC(=O)CCC(=O)OCC(=O)[C@@]2(O)CCC3C4CCC5=CC(=O)CC[C@]5(C)C4C(O)C[C@@]32C)cc1. The third kappa shape index (κ3) is 5.30. The fourth-order valence-corrected chi connectivity index (χ4v) is 8.74. The van der Waals surface area contributed by atoms with Gasteiger partial charge >= 0.3 is 5.97 Å². The van der Waals surface area contributed by atoms with Gasteiger partial charge in [0.15, 0.2) is 12.4 Å². The molecule has 4 unspecified atom stereocenters. The molecule has 9 nitrogen and oxygen atoms in total. The van der Waals surface area contributed by atoms with Crippen molar-refractivity contribution < 1.29 is 38.9 Å². The van der Waals surface area contributed by atoms with Gasteiger partial charge in [-0.25, -0.2) is 0 Å². The number of nitrogens with one attached hydrogen (secondary N) is 1. The van der Waals surface area contributed by atoms with Crippen molar-refractivity contribution in [1.29, 1.82) is 0 Å². The van der Waals surface area contributed by atoms with Crippen LogP contribution in [0.3, 0.4) is 0 Å². The Morgan fingerprint density at radius 3 is 2.50 bits per heavy atom. The van der Waals surface area contributed by atoms with Gasteiger partial charge in [0.25, 0.3) is 0 Å². The van der Waals surface area contributed by atoms with Gasteiger partial charge in [0.1, 0.15) is 11.4 Å². The quantitative estimate of drug-likeness (QED) is 0.377. The van der Waals surface area contributed by atoms with Crippen LogP contribution in [-0.2, 0) is 30.5 Å². The van der Waals surface area contributed by atoms with Crippen molar-refractivity contribution in [2.45, 2.75) is 89.9 Å². The molecule has 0 bridgehead atoms. The second-order valence-electron chi connectivity index (χ2n) is 13.2. The van der Waals surface area contributed by atoms with Gasteiger partial charge in [-0.15, -0.1) is 0 Å². The summed E-state index contributed by atoms with van der Waals surface area (Å²) < 4.78 is 10.3. The molecule has 0 radical (unpaired) electrons. The number of benzene rings is 1. The number of carbonyl (C=O) groups is 4. The number of carbonyl (C=O) groups excluding carboxylic acids is 4. The van der Waals surface area contributed by atoms with Gasteiger partial charge in [-0.3, -0.25) is 19.2 Å². The number of ketones is 2. The van der Waals surface area contributed by atoms with E-state index in [0.29, 0.717) is 19.4 Å². The van der Waals surface area contributed by atoms with E-state index in [-0.39, 0.29) is 60.5 Å². The Hall–Kier alpha value is -3.04.